The normalized spacial score (nSPS) is 13.2. The lowest BCUT2D eigenvalue weighted by Gasteiger charge is -2.12. The van der Waals surface area contributed by atoms with E-state index in [0.717, 1.165) is 6.26 Å². The van der Waals surface area contributed by atoms with Crippen molar-refractivity contribution in [2.75, 3.05) is 12.0 Å². The summed E-state index contributed by atoms with van der Waals surface area (Å²) in [5, 5.41) is 11.8. The highest BCUT2D eigenvalue weighted by Gasteiger charge is 2.14. The molecule has 18 heavy (non-hydrogen) atoms. The fraction of sp³-hybridized carbons (Fsp3) is 0.500. The molecule has 0 saturated carbocycles. The van der Waals surface area contributed by atoms with E-state index in [1.807, 2.05) is 0 Å². The predicted octanol–water partition coefficient (Wildman–Crippen LogP) is -0.302. The number of sulfone groups is 1. The lowest BCUT2D eigenvalue weighted by molar-refractivity contribution is 0.0694. The van der Waals surface area contributed by atoms with Gasteiger partial charge in [0.2, 0.25) is 0 Å². The van der Waals surface area contributed by atoms with Crippen molar-refractivity contribution in [1.82, 2.24) is 15.3 Å². The topological polar surface area (TPSA) is 109 Å². The fourth-order valence-corrected chi connectivity index (χ4v) is 2.48. The number of hydrogen-bond donors (Lipinski definition) is 2. The Bertz CT molecular complexity index is 530. The van der Waals surface area contributed by atoms with Crippen molar-refractivity contribution >= 4 is 15.8 Å². The van der Waals surface area contributed by atoms with Gasteiger partial charge >= 0.3 is 5.97 Å². The van der Waals surface area contributed by atoms with E-state index in [4.69, 9.17) is 5.11 Å². The first-order chi connectivity index (χ1) is 8.29. The Morgan fingerprint density at radius 3 is 2.78 bits per heavy atom. The predicted molar refractivity (Wildman–Crippen MR) is 65.0 cm³/mol. The number of nitrogens with zero attached hydrogens (tertiary/aromatic N) is 2. The van der Waals surface area contributed by atoms with Gasteiger partial charge in [0.1, 0.15) is 21.7 Å². The lowest BCUT2D eigenvalue weighted by Crippen LogP contribution is -2.33. The summed E-state index contributed by atoms with van der Waals surface area (Å²) in [5.41, 5.74) is 0.342. The van der Waals surface area contributed by atoms with Gasteiger partial charge in [-0.3, -0.25) is 0 Å². The summed E-state index contributed by atoms with van der Waals surface area (Å²) in [6.07, 6.45) is 3.62. The zero-order chi connectivity index (χ0) is 13.8. The molecule has 0 amide bonds. The summed E-state index contributed by atoms with van der Waals surface area (Å²) in [7, 11) is -3.07. The van der Waals surface area contributed by atoms with E-state index in [0.29, 0.717) is 5.69 Å². The quantitative estimate of drug-likeness (QED) is 0.732. The van der Waals surface area contributed by atoms with Gasteiger partial charge < -0.3 is 10.4 Å². The van der Waals surface area contributed by atoms with E-state index < -0.39 is 15.8 Å². The van der Waals surface area contributed by atoms with Gasteiger partial charge in [0.15, 0.2) is 0 Å². The smallest absolute Gasteiger partial charge is 0.339 e. The van der Waals surface area contributed by atoms with E-state index in [9.17, 15) is 13.2 Å². The van der Waals surface area contributed by atoms with E-state index in [1.165, 1.54) is 12.5 Å². The van der Waals surface area contributed by atoms with Crippen molar-refractivity contribution in [3.63, 3.8) is 0 Å². The van der Waals surface area contributed by atoms with E-state index >= 15 is 0 Å². The maximum absolute atomic E-state index is 11.1. The van der Waals surface area contributed by atoms with Gasteiger partial charge in [0, 0.05) is 25.0 Å². The minimum atomic E-state index is -3.07. The maximum Gasteiger partial charge on any atom is 0.339 e. The standard InChI is InChI=1S/C10H15N3O4S/c1-7(5-18(2,16)17)12-4-9-8(10(14)15)3-11-6-13-9/h3,6-7,12H,4-5H2,1-2H3,(H,14,15). The van der Waals surface area contributed by atoms with Crippen molar-refractivity contribution < 1.29 is 18.3 Å². The average Bonchev–Trinajstić information content (AvgIpc) is 2.24. The largest absolute Gasteiger partial charge is 0.478 e. The summed E-state index contributed by atoms with van der Waals surface area (Å²) in [6, 6.07) is -0.281. The van der Waals surface area contributed by atoms with Crippen LogP contribution in [0, 0.1) is 0 Å². The summed E-state index contributed by atoms with van der Waals surface area (Å²) >= 11 is 0. The number of carbonyl (C=O) groups is 1. The highest BCUT2D eigenvalue weighted by Crippen LogP contribution is 2.03. The SMILES string of the molecule is CC(CS(C)(=O)=O)NCc1ncncc1C(=O)O. The Kier molecular flexibility index (Phi) is 4.74. The van der Waals surface area contributed by atoms with Gasteiger partial charge in [-0.15, -0.1) is 0 Å². The molecule has 0 aromatic carbocycles. The highest BCUT2D eigenvalue weighted by atomic mass is 32.2. The zero-order valence-corrected chi connectivity index (χ0v) is 10.9. The molecule has 0 fully saturated rings. The van der Waals surface area contributed by atoms with Crippen LogP contribution in [0.3, 0.4) is 0 Å². The third-order valence-corrected chi connectivity index (χ3v) is 3.30. The van der Waals surface area contributed by atoms with Crippen molar-refractivity contribution in [3.05, 3.63) is 23.8 Å². The first-order valence-electron chi connectivity index (χ1n) is 5.23. The van der Waals surface area contributed by atoms with Crippen LogP contribution in [0.2, 0.25) is 0 Å². The second kappa shape index (κ2) is 5.87. The minimum Gasteiger partial charge on any atom is -0.478 e. The van der Waals surface area contributed by atoms with Crippen molar-refractivity contribution in [2.24, 2.45) is 0 Å². The summed E-state index contributed by atoms with van der Waals surface area (Å²) in [5.74, 6) is -1.12. The lowest BCUT2D eigenvalue weighted by atomic mass is 10.2. The Morgan fingerprint density at radius 1 is 1.56 bits per heavy atom. The van der Waals surface area contributed by atoms with Crippen LogP contribution in [0.4, 0.5) is 0 Å². The van der Waals surface area contributed by atoms with Crippen molar-refractivity contribution in [3.8, 4) is 0 Å². The average molecular weight is 273 g/mol. The third-order valence-electron chi connectivity index (χ3n) is 2.20. The Hall–Kier alpha value is -1.54. The number of nitrogens with one attached hydrogen (secondary N) is 1. The molecule has 1 unspecified atom stereocenters. The molecule has 0 aliphatic heterocycles. The third kappa shape index (κ3) is 4.76. The number of carboxylic acid groups (broad SMARTS) is 1. The molecule has 8 heteroatoms. The monoisotopic (exact) mass is 273 g/mol. The Labute approximate surface area is 105 Å². The number of aromatic nitrogens is 2. The van der Waals surface area contributed by atoms with Crippen LogP contribution in [0.25, 0.3) is 0 Å². The Morgan fingerprint density at radius 2 is 2.22 bits per heavy atom. The Balaban J connectivity index is 2.67. The molecule has 0 spiro atoms. The van der Waals surface area contributed by atoms with E-state index in [-0.39, 0.29) is 23.9 Å². The molecular weight excluding hydrogens is 258 g/mol. The molecule has 7 nitrogen and oxygen atoms in total. The van der Waals surface area contributed by atoms with Gasteiger partial charge in [0.05, 0.1) is 11.4 Å². The van der Waals surface area contributed by atoms with E-state index in [2.05, 4.69) is 15.3 Å². The molecule has 1 heterocycles. The molecule has 2 N–H and O–H groups in total. The summed E-state index contributed by atoms with van der Waals surface area (Å²) < 4.78 is 22.1. The summed E-state index contributed by atoms with van der Waals surface area (Å²) in [4.78, 5) is 18.4. The summed E-state index contributed by atoms with van der Waals surface area (Å²) in [6.45, 7) is 1.89. The number of rotatable bonds is 6. The molecule has 1 atom stereocenters. The van der Waals surface area contributed by atoms with Gasteiger partial charge in [-0.1, -0.05) is 0 Å². The number of hydrogen-bond acceptors (Lipinski definition) is 6. The van der Waals surface area contributed by atoms with Crippen LogP contribution in [0.15, 0.2) is 12.5 Å². The van der Waals surface area contributed by atoms with Gasteiger partial charge in [-0.05, 0) is 6.92 Å². The van der Waals surface area contributed by atoms with Crippen LogP contribution in [-0.4, -0.2) is 47.5 Å². The molecule has 0 bridgehead atoms. The molecule has 1 rings (SSSR count). The molecule has 100 valence electrons. The second-order valence-corrected chi connectivity index (χ2v) is 6.25. The highest BCUT2D eigenvalue weighted by molar-refractivity contribution is 7.90. The van der Waals surface area contributed by atoms with Crippen LogP contribution in [-0.2, 0) is 16.4 Å². The van der Waals surface area contributed by atoms with E-state index in [1.54, 1.807) is 6.92 Å². The molecule has 0 aliphatic carbocycles. The molecule has 1 aromatic heterocycles. The van der Waals surface area contributed by atoms with Crippen LogP contribution in [0.5, 0.6) is 0 Å². The fourth-order valence-electron chi connectivity index (χ4n) is 1.46. The van der Waals surface area contributed by atoms with Crippen LogP contribution >= 0.6 is 0 Å². The second-order valence-electron chi connectivity index (χ2n) is 4.06. The molecule has 1 aromatic rings. The minimum absolute atomic E-state index is 0.0107. The molecular formula is C10H15N3O4S. The molecule has 0 aliphatic rings. The number of aromatic carboxylic acids is 1. The first kappa shape index (κ1) is 14.5. The van der Waals surface area contributed by atoms with Crippen LogP contribution in [0.1, 0.15) is 23.0 Å². The van der Waals surface area contributed by atoms with Gasteiger partial charge in [-0.2, -0.15) is 0 Å². The van der Waals surface area contributed by atoms with Crippen molar-refractivity contribution in [1.29, 1.82) is 0 Å². The molecule has 0 saturated heterocycles. The number of carboxylic acids is 1. The first-order valence-corrected chi connectivity index (χ1v) is 7.29. The van der Waals surface area contributed by atoms with Crippen molar-refractivity contribution in [2.45, 2.75) is 19.5 Å². The van der Waals surface area contributed by atoms with Crippen LogP contribution < -0.4 is 5.32 Å². The molecule has 0 radical (unpaired) electrons. The maximum atomic E-state index is 11.1. The van der Waals surface area contributed by atoms with Gasteiger partial charge in [-0.25, -0.2) is 23.2 Å². The van der Waals surface area contributed by atoms with Gasteiger partial charge in [0.25, 0.3) is 0 Å². The zero-order valence-electron chi connectivity index (χ0n) is 10.1.